The van der Waals surface area contributed by atoms with Gasteiger partial charge in [-0.2, -0.15) is 4.98 Å². The van der Waals surface area contributed by atoms with Gasteiger partial charge in [0, 0.05) is 40.6 Å². The number of β-lactam (4-membered cyclic amide) rings is 2. The second kappa shape index (κ2) is 16.8. The Kier molecular flexibility index (Phi) is 11.5. The maximum atomic E-state index is 14.2. The zero-order chi connectivity index (χ0) is 43.3. The number of nitrogens with two attached hydrogens (primary N) is 1. The molecule has 5 aliphatic heterocycles. The fourth-order valence-corrected chi connectivity index (χ4v) is 11.5. The summed E-state index contributed by atoms with van der Waals surface area (Å²) >= 11 is 5.65. The van der Waals surface area contributed by atoms with Crippen molar-refractivity contribution in [2.45, 2.75) is 28.0 Å². The Labute approximate surface area is 361 Å². The Balaban J connectivity index is 1.01. The molecule has 6 N–H and O–H groups in total. The highest BCUT2D eigenvalue weighted by Crippen LogP contribution is 2.43. The number of esters is 1. The van der Waals surface area contributed by atoms with E-state index in [-0.39, 0.29) is 67.7 Å². The predicted molar refractivity (Wildman–Crippen MR) is 220 cm³/mol. The highest BCUT2D eigenvalue weighted by atomic mass is 32.2. The second-order valence-electron chi connectivity index (χ2n) is 13.0. The SMILES string of the molecule is CO/N=C(\C(=O)N[C@@H]1C(=O)N2C(C(=O)Nc3nc(/C(=N/OC)C(=O)N[C@@H]4C(=O)N5C6=C(COC6=O)CS[C@H]45)cs3)=C(CSc3nc(=O)c(=O)[nH]n3C)CS[C@H]12)c1csc(N)n1. The topological polar surface area (TPSA) is 317 Å². The number of aryl methyl sites for hydroxylation is 1. The van der Waals surface area contributed by atoms with Crippen molar-refractivity contribution in [1.82, 2.24) is 45.2 Å². The number of hydrogen-bond donors (Lipinski definition) is 5. The molecule has 29 heteroatoms. The number of fused-ring (bicyclic) bond motifs is 3. The van der Waals surface area contributed by atoms with Crippen LogP contribution in [0.2, 0.25) is 0 Å². The highest BCUT2D eigenvalue weighted by Gasteiger charge is 2.56. The third-order valence-electron chi connectivity index (χ3n) is 9.30. The molecule has 5 amide bonds. The van der Waals surface area contributed by atoms with Crippen LogP contribution in [0.4, 0.5) is 10.3 Å². The molecule has 0 spiro atoms. The van der Waals surface area contributed by atoms with Gasteiger partial charge < -0.3 is 30.8 Å². The van der Waals surface area contributed by atoms with Gasteiger partial charge in [0.25, 0.3) is 29.5 Å². The highest BCUT2D eigenvalue weighted by molar-refractivity contribution is 8.01. The van der Waals surface area contributed by atoms with E-state index in [0.29, 0.717) is 16.9 Å². The number of carbonyl (C=O) groups is 6. The molecule has 318 valence electrons. The second-order valence-corrected chi connectivity index (χ2v) is 17.9. The van der Waals surface area contributed by atoms with E-state index in [0.717, 1.165) is 34.4 Å². The van der Waals surface area contributed by atoms with E-state index >= 15 is 0 Å². The third-order valence-corrected chi connectivity index (χ3v) is 14.5. The number of aromatic nitrogens is 5. The minimum atomic E-state index is -1.10. The number of nitrogens with one attached hydrogen (secondary N) is 4. The predicted octanol–water partition coefficient (Wildman–Crippen LogP) is -2.04. The zero-order valence-electron chi connectivity index (χ0n) is 31.5. The van der Waals surface area contributed by atoms with Crippen LogP contribution in [0.5, 0.6) is 0 Å². The Morgan fingerprint density at radius 2 is 1.54 bits per heavy atom. The lowest BCUT2D eigenvalue weighted by molar-refractivity contribution is -0.150. The third kappa shape index (κ3) is 7.65. The largest absolute Gasteiger partial charge is 0.456 e. The van der Waals surface area contributed by atoms with Gasteiger partial charge in [0.1, 0.15) is 66.4 Å². The molecule has 24 nitrogen and oxygen atoms in total. The van der Waals surface area contributed by atoms with Gasteiger partial charge in [-0.15, -0.1) is 46.2 Å². The summed E-state index contributed by atoms with van der Waals surface area (Å²) < 4.78 is 6.32. The number of nitrogens with zero attached hydrogens (tertiary/aromatic N) is 8. The van der Waals surface area contributed by atoms with Crippen molar-refractivity contribution < 1.29 is 43.2 Å². The minimum Gasteiger partial charge on any atom is -0.456 e. The summed E-state index contributed by atoms with van der Waals surface area (Å²) in [7, 11) is 3.92. The number of anilines is 2. The van der Waals surface area contributed by atoms with E-state index in [1.807, 2.05) is 0 Å². The van der Waals surface area contributed by atoms with E-state index < -0.39 is 69.5 Å². The minimum absolute atomic E-state index is 0.00990. The van der Waals surface area contributed by atoms with Gasteiger partial charge in [-0.25, -0.2) is 14.8 Å². The molecule has 0 aliphatic carbocycles. The summed E-state index contributed by atoms with van der Waals surface area (Å²) in [5, 5.41) is 19.8. The zero-order valence-corrected chi connectivity index (χ0v) is 35.6. The van der Waals surface area contributed by atoms with Crippen molar-refractivity contribution >= 4 is 115 Å². The van der Waals surface area contributed by atoms with Crippen molar-refractivity contribution in [1.29, 1.82) is 0 Å². The maximum Gasteiger partial charge on any atom is 0.355 e. The molecule has 3 aromatic heterocycles. The first-order valence-electron chi connectivity index (χ1n) is 17.4. The van der Waals surface area contributed by atoms with Gasteiger partial charge in [-0.3, -0.25) is 58.5 Å². The van der Waals surface area contributed by atoms with E-state index in [2.05, 4.69) is 46.3 Å². The van der Waals surface area contributed by atoms with Crippen LogP contribution < -0.4 is 32.8 Å². The van der Waals surface area contributed by atoms with E-state index in [1.54, 1.807) is 0 Å². The number of ether oxygens (including phenoxy) is 1. The van der Waals surface area contributed by atoms with Crippen LogP contribution in [-0.4, -0.2) is 142 Å². The van der Waals surface area contributed by atoms with Crippen molar-refractivity contribution in [3.63, 3.8) is 0 Å². The molecular weight excluding hydrogens is 903 g/mol. The molecule has 8 rings (SSSR count). The average molecular weight is 932 g/mol. The first kappa shape index (κ1) is 41.7. The van der Waals surface area contributed by atoms with Gasteiger partial charge in [0.05, 0.1) is 0 Å². The monoisotopic (exact) mass is 931 g/mol. The Morgan fingerprint density at radius 3 is 2.20 bits per heavy atom. The molecule has 3 aromatic rings. The van der Waals surface area contributed by atoms with Crippen molar-refractivity contribution in [2.24, 2.45) is 17.4 Å². The number of aromatic amines is 1. The van der Waals surface area contributed by atoms with E-state index in [1.165, 1.54) is 70.0 Å². The van der Waals surface area contributed by atoms with Gasteiger partial charge in [-0.1, -0.05) is 22.1 Å². The van der Waals surface area contributed by atoms with Gasteiger partial charge in [0.15, 0.2) is 26.8 Å². The summed E-state index contributed by atoms with van der Waals surface area (Å²) in [5.74, 6) is -3.42. The van der Waals surface area contributed by atoms with Crippen molar-refractivity contribution in [3.8, 4) is 0 Å². The molecule has 0 unspecified atom stereocenters. The standard InChI is InChI=1S/C32H29N13O11S5/c1-43-32(39-23(49)24(50)40-43)61-7-11-6-58-27-16(36-20(46)14(41-54-2)12-8-59-30(33)34-12)25(51)44(27)18(11)22(48)38-31-35-13(9-60-31)15(42-55-3)21(47)37-17-26(52)45-19-10(4-56-29(19)53)5-57-28(17)45/h8-9,16-17,27-28H,4-7H2,1-3H3,(H2,33,34)(H,36,46)(H,37,47)(H,40,50)(H,35,38,48)/b41-14-,42-15-/t16-,17-,27-,28-/m1/s1. The molecule has 0 radical (unpaired) electrons. The van der Waals surface area contributed by atoms with E-state index in [4.69, 9.17) is 20.1 Å². The Bertz CT molecular complexity index is 2670. The number of thiazole rings is 2. The molecular formula is C32H29N13O11S5. The van der Waals surface area contributed by atoms with Gasteiger partial charge in [-0.05, 0) is 5.57 Å². The Morgan fingerprint density at radius 1 is 0.918 bits per heavy atom. The number of rotatable bonds is 13. The molecule has 8 heterocycles. The van der Waals surface area contributed by atoms with Crippen molar-refractivity contribution in [3.05, 3.63) is 65.4 Å². The first-order chi connectivity index (χ1) is 29.3. The number of thioether (sulfide) groups is 3. The number of cyclic esters (lactones) is 1. The van der Waals surface area contributed by atoms with Gasteiger partial charge >= 0.3 is 17.1 Å². The smallest absolute Gasteiger partial charge is 0.355 e. The maximum absolute atomic E-state index is 14.2. The lowest BCUT2D eigenvalue weighted by Crippen LogP contribution is -2.71. The summed E-state index contributed by atoms with van der Waals surface area (Å²) in [4.78, 5) is 129. The number of carbonyl (C=O) groups excluding carboxylic acids is 6. The average Bonchev–Trinajstić information content (AvgIpc) is 3.99. The van der Waals surface area contributed by atoms with Crippen molar-refractivity contribution in [2.75, 3.05) is 49.1 Å². The number of H-pyrrole nitrogens is 1. The van der Waals surface area contributed by atoms with Crippen LogP contribution in [-0.2, 0) is 50.2 Å². The molecule has 2 saturated heterocycles. The molecule has 5 aliphatic rings. The molecule has 2 fully saturated rings. The Hall–Kier alpha value is -6.04. The number of oxime groups is 2. The van der Waals surface area contributed by atoms with Crippen LogP contribution in [0.1, 0.15) is 11.4 Å². The summed E-state index contributed by atoms with van der Waals surface area (Å²) in [6, 6.07) is -2.08. The first-order valence-corrected chi connectivity index (χ1v) is 22.3. The lowest BCUT2D eigenvalue weighted by atomic mass is 10.0. The summed E-state index contributed by atoms with van der Waals surface area (Å²) in [6.07, 6.45) is 0. The van der Waals surface area contributed by atoms with E-state index in [9.17, 15) is 38.4 Å². The quantitative estimate of drug-likeness (QED) is 0.0308. The normalized spacial score (nSPS) is 22.1. The van der Waals surface area contributed by atoms with Gasteiger partial charge in [0.2, 0.25) is 0 Å². The summed E-state index contributed by atoms with van der Waals surface area (Å²) in [5.41, 5.74) is 4.66. The van der Waals surface area contributed by atoms with Crippen LogP contribution in [0.15, 0.2) is 58.4 Å². The molecule has 0 saturated carbocycles. The molecule has 4 atom stereocenters. The molecule has 0 aromatic carbocycles. The van der Waals surface area contributed by atoms with Crippen LogP contribution in [0, 0.1) is 0 Å². The number of nitrogen functional groups attached to an aromatic ring is 1. The molecule has 61 heavy (non-hydrogen) atoms. The van der Waals surface area contributed by atoms with Crippen LogP contribution in [0.25, 0.3) is 0 Å². The number of amides is 5. The fraction of sp³-hybridized carbons (Fsp3) is 0.344. The number of hydrogen-bond acceptors (Lipinski definition) is 22. The lowest BCUT2D eigenvalue weighted by Gasteiger charge is -2.50. The fourth-order valence-electron chi connectivity index (χ4n) is 6.56. The van der Waals surface area contributed by atoms with Crippen LogP contribution >= 0.6 is 58.0 Å². The van der Waals surface area contributed by atoms with Crippen LogP contribution in [0.3, 0.4) is 0 Å². The summed E-state index contributed by atoms with van der Waals surface area (Å²) in [6.45, 7) is 0.110. The molecule has 0 bridgehead atoms.